The summed E-state index contributed by atoms with van der Waals surface area (Å²) in [5.41, 5.74) is 2.33. The lowest BCUT2D eigenvalue weighted by Gasteiger charge is -2.39. The number of nitrogens with one attached hydrogen (secondary N) is 2. The van der Waals surface area contributed by atoms with Crippen molar-refractivity contribution in [1.29, 1.82) is 0 Å². The number of rotatable bonds is 11. The highest BCUT2D eigenvalue weighted by molar-refractivity contribution is 5.70. The number of unbranched alkanes of at least 4 members (excludes halogenated alkanes) is 1. The minimum atomic E-state index is -0.565. The van der Waals surface area contributed by atoms with E-state index < -0.39 is 11.2 Å². The summed E-state index contributed by atoms with van der Waals surface area (Å²) in [7, 11) is 0. The molecule has 4 rings (SSSR count). The molecule has 2 N–H and O–H groups in total. The van der Waals surface area contributed by atoms with Gasteiger partial charge in [0, 0.05) is 38.5 Å². The fourth-order valence-corrected chi connectivity index (χ4v) is 5.79. The van der Waals surface area contributed by atoms with Crippen LogP contribution in [0.3, 0.4) is 0 Å². The van der Waals surface area contributed by atoms with E-state index in [9.17, 15) is 9.59 Å². The Morgan fingerprint density at radius 2 is 1.30 bits per heavy atom. The highest BCUT2D eigenvalue weighted by Crippen LogP contribution is 2.38. The van der Waals surface area contributed by atoms with Crippen LogP contribution in [0.4, 0.5) is 0 Å². The summed E-state index contributed by atoms with van der Waals surface area (Å²) in [5.74, 6) is -0.241. The molecule has 6 heteroatoms. The van der Waals surface area contributed by atoms with Crippen molar-refractivity contribution in [2.75, 3.05) is 26.2 Å². The molecule has 37 heavy (non-hydrogen) atoms. The molecule has 0 saturated carbocycles. The Balaban J connectivity index is 1.37. The van der Waals surface area contributed by atoms with Crippen molar-refractivity contribution in [1.82, 2.24) is 10.6 Å². The van der Waals surface area contributed by atoms with Gasteiger partial charge in [-0.15, -0.1) is 0 Å². The van der Waals surface area contributed by atoms with Gasteiger partial charge in [0.1, 0.15) is 11.2 Å². The van der Waals surface area contributed by atoms with Crippen LogP contribution in [0, 0.1) is 0 Å². The van der Waals surface area contributed by atoms with Gasteiger partial charge in [-0.1, -0.05) is 61.5 Å². The lowest BCUT2D eigenvalue weighted by molar-refractivity contribution is -0.165. The van der Waals surface area contributed by atoms with Crippen molar-refractivity contribution in [3.8, 4) is 0 Å². The number of benzene rings is 2. The molecule has 2 fully saturated rings. The molecule has 2 aliphatic rings. The zero-order valence-corrected chi connectivity index (χ0v) is 22.2. The molecule has 0 aliphatic carbocycles. The number of aryl methyl sites for hydroxylation is 1. The summed E-state index contributed by atoms with van der Waals surface area (Å²) in [5, 5.41) is 6.78. The molecular formula is C31H42N2O4. The van der Waals surface area contributed by atoms with E-state index in [1.54, 1.807) is 0 Å². The van der Waals surface area contributed by atoms with Crippen LogP contribution < -0.4 is 10.6 Å². The normalized spacial score (nSPS) is 18.6. The van der Waals surface area contributed by atoms with Crippen molar-refractivity contribution in [2.45, 2.75) is 82.3 Å². The number of hydrogen-bond donors (Lipinski definition) is 2. The molecule has 0 radical (unpaired) electrons. The fourth-order valence-electron chi connectivity index (χ4n) is 5.79. The third-order valence-electron chi connectivity index (χ3n) is 7.78. The number of carbonyl (C=O) groups excluding carboxylic acids is 2. The Bertz CT molecular complexity index is 1010. The Morgan fingerprint density at radius 1 is 0.730 bits per heavy atom. The van der Waals surface area contributed by atoms with Crippen molar-refractivity contribution in [3.63, 3.8) is 0 Å². The van der Waals surface area contributed by atoms with Crippen LogP contribution in [-0.4, -0.2) is 38.1 Å². The van der Waals surface area contributed by atoms with Gasteiger partial charge in [-0.25, -0.2) is 0 Å². The van der Waals surface area contributed by atoms with E-state index in [0.717, 1.165) is 88.7 Å². The Morgan fingerprint density at radius 3 is 1.97 bits per heavy atom. The van der Waals surface area contributed by atoms with Crippen LogP contribution in [0.5, 0.6) is 0 Å². The Kier molecular flexibility index (Phi) is 9.75. The largest absolute Gasteiger partial charge is 0.454 e. The van der Waals surface area contributed by atoms with Crippen LogP contribution in [-0.2, 0) is 36.7 Å². The number of hydrogen-bond acceptors (Lipinski definition) is 6. The predicted molar refractivity (Wildman–Crippen MR) is 145 cm³/mol. The van der Waals surface area contributed by atoms with E-state index in [-0.39, 0.29) is 11.9 Å². The molecule has 2 saturated heterocycles. The first-order valence-corrected chi connectivity index (χ1v) is 14.1. The SMILES string of the molecule is CCCC(=O)OC1(c2ccccc2CCCCC(=O)OC2(c3ccccc3)CCNCC2)CCNCC1. The van der Waals surface area contributed by atoms with Gasteiger partial charge in [-0.2, -0.15) is 0 Å². The lowest BCUT2D eigenvalue weighted by Crippen LogP contribution is -2.43. The van der Waals surface area contributed by atoms with Gasteiger partial charge in [0.25, 0.3) is 0 Å². The van der Waals surface area contributed by atoms with E-state index in [0.29, 0.717) is 12.8 Å². The van der Waals surface area contributed by atoms with E-state index in [2.05, 4.69) is 41.0 Å². The summed E-state index contributed by atoms with van der Waals surface area (Å²) in [6.45, 7) is 5.36. The average molecular weight is 507 g/mol. The zero-order chi connectivity index (χ0) is 26.0. The highest BCUT2D eigenvalue weighted by atomic mass is 16.6. The summed E-state index contributed by atoms with van der Waals surface area (Å²) in [6, 6.07) is 18.5. The number of esters is 2. The highest BCUT2D eigenvalue weighted by Gasteiger charge is 2.39. The van der Waals surface area contributed by atoms with Crippen LogP contribution in [0.2, 0.25) is 0 Å². The maximum absolute atomic E-state index is 12.9. The van der Waals surface area contributed by atoms with Gasteiger partial charge >= 0.3 is 11.9 Å². The molecule has 0 unspecified atom stereocenters. The maximum atomic E-state index is 12.9. The standard InChI is InChI=1S/C31H42N2O4/c1-2-10-28(34)37-31(19-23-33-24-20-31)27-15-8-6-11-25(27)12-7-9-16-29(35)36-30(17-21-32-22-18-30)26-13-4-3-5-14-26/h3-6,8,11,13-15,32-33H,2,7,9-10,12,16-24H2,1H3. The molecule has 0 amide bonds. The van der Waals surface area contributed by atoms with Crippen molar-refractivity contribution < 1.29 is 19.1 Å². The first-order chi connectivity index (χ1) is 18.1. The first-order valence-electron chi connectivity index (χ1n) is 14.1. The topological polar surface area (TPSA) is 76.7 Å². The molecule has 0 atom stereocenters. The lowest BCUT2D eigenvalue weighted by atomic mass is 9.81. The summed E-state index contributed by atoms with van der Waals surface area (Å²) in [4.78, 5) is 25.5. The second-order valence-corrected chi connectivity index (χ2v) is 10.4. The molecular weight excluding hydrogens is 464 g/mol. The Hall–Kier alpha value is -2.70. The van der Waals surface area contributed by atoms with Crippen molar-refractivity contribution >= 4 is 11.9 Å². The van der Waals surface area contributed by atoms with Crippen LogP contribution in [0.1, 0.15) is 81.4 Å². The molecule has 2 aromatic rings. The van der Waals surface area contributed by atoms with E-state index >= 15 is 0 Å². The molecule has 2 heterocycles. The molecule has 0 spiro atoms. The molecule has 0 bridgehead atoms. The van der Waals surface area contributed by atoms with E-state index in [1.807, 2.05) is 31.2 Å². The summed E-state index contributed by atoms with van der Waals surface area (Å²) < 4.78 is 12.3. The molecule has 2 aliphatic heterocycles. The predicted octanol–water partition coefficient (Wildman–Crippen LogP) is 5.14. The Labute approximate surface area is 221 Å². The average Bonchev–Trinajstić information content (AvgIpc) is 2.93. The van der Waals surface area contributed by atoms with Crippen LogP contribution >= 0.6 is 0 Å². The quantitative estimate of drug-likeness (QED) is 0.325. The monoisotopic (exact) mass is 506 g/mol. The first kappa shape index (κ1) is 27.3. The molecule has 2 aromatic carbocycles. The van der Waals surface area contributed by atoms with Crippen LogP contribution in [0.15, 0.2) is 54.6 Å². The molecule has 0 aromatic heterocycles. The number of ether oxygens (including phenoxy) is 2. The molecule has 200 valence electrons. The maximum Gasteiger partial charge on any atom is 0.306 e. The fraction of sp³-hybridized carbons (Fsp3) is 0.548. The third-order valence-corrected chi connectivity index (χ3v) is 7.78. The van der Waals surface area contributed by atoms with E-state index in [1.165, 1.54) is 5.56 Å². The van der Waals surface area contributed by atoms with Gasteiger partial charge in [0.2, 0.25) is 0 Å². The van der Waals surface area contributed by atoms with Crippen molar-refractivity contribution in [2.24, 2.45) is 0 Å². The van der Waals surface area contributed by atoms with Gasteiger partial charge in [-0.3, -0.25) is 9.59 Å². The van der Waals surface area contributed by atoms with E-state index in [4.69, 9.17) is 9.47 Å². The van der Waals surface area contributed by atoms with Crippen LogP contribution in [0.25, 0.3) is 0 Å². The molecule has 6 nitrogen and oxygen atoms in total. The third kappa shape index (κ3) is 6.99. The smallest absolute Gasteiger partial charge is 0.306 e. The second kappa shape index (κ2) is 13.2. The minimum absolute atomic E-state index is 0.118. The van der Waals surface area contributed by atoms with Gasteiger partial charge < -0.3 is 20.1 Å². The van der Waals surface area contributed by atoms with Gasteiger partial charge in [0.05, 0.1) is 0 Å². The van der Waals surface area contributed by atoms with Gasteiger partial charge in [-0.05, 0) is 68.6 Å². The van der Waals surface area contributed by atoms with Gasteiger partial charge in [0.15, 0.2) is 0 Å². The number of carbonyl (C=O) groups is 2. The summed E-state index contributed by atoms with van der Waals surface area (Å²) in [6.07, 6.45) is 7.27. The second-order valence-electron chi connectivity index (χ2n) is 10.4. The minimum Gasteiger partial charge on any atom is -0.454 e. The zero-order valence-electron chi connectivity index (χ0n) is 22.2. The number of piperidine rings is 2. The summed E-state index contributed by atoms with van der Waals surface area (Å²) >= 11 is 0. The van der Waals surface area contributed by atoms with Crippen molar-refractivity contribution in [3.05, 3.63) is 71.3 Å².